The van der Waals surface area contributed by atoms with Crippen LogP contribution in [0.3, 0.4) is 0 Å². The molecule has 8 nitrogen and oxygen atoms in total. The Balaban J connectivity index is 1.77. The number of ketones is 1. The summed E-state index contributed by atoms with van der Waals surface area (Å²) in [7, 11) is 4.36. The van der Waals surface area contributed by atoms with Crippen LogP contribution in [-0.4, -0.2) is 45.6 Å². The second-order valence-corrected chi connectivity index (χ2v) is 10.8. The number of hydrogen-bond donors (Lipinski definition) is 0. The van der Waals surface area contributed by atoms with E-state index in [9.17, 15) is 18.8 Å². The molecule has 0 fully saturated rings. The molecule has 0 unspecified atom stereocenters. The molecule has 1 aromatic heterocycles. The number of rotatable bonds is 8. The van der Waals surface area contributed by atoms with Crippen molar-refractivity contribution in [2.24, 2.45) is 5.92 Å². The first kappa shape index (κ1) is 29.2. The predicted molar refractivity (Wildman–Crippen MR) is 151 cm³/mol. The van der Waals surface area contributed by atoms with Gasteiger partial charge in [-0.1, -0.05) is 6.07 Å². The number of halogens is 2. The summed E-state index contributed by atoms with van der Waals surface area (Å²) in [6.07, 6.45) is -0.173. The van der Waals surface area contributed by atoms with Crippen LogP contribution in [0.4, 0.5) is 14.5 Å². The highest BCUT2D eigenvalue weighted by molar-refractivity contribution is 7.10. The number of nitrogens with zero attached hydrogens (tertiary/aromatic N) is 1. The molecule has 0 bridgehead atoms. The van der Waals surface area contributed by atoms with Gasteiger partial charge in [-0.25, -0.2) is 8.78 Å². The summed E-state index contributed by atoms with van der Waals surface area (Å²) in [6, 6.07) is 9.83. The molecule has 2 heterocycles. The molecule has 1 aliphatic heterocycles. The van der Waals surface area contributed by atoms with Gasteiger partial charge in [0.05, 0.1) is 33.6 Å². The molecule has 1 amide bonds. The van der Waals surface area contributed by atoms with Gasteiger partial charge >= 0.3 is 5.97 Å². The molecule has 0 spiro atoms. The third-order valence-corrected chi connectivity index (χ3v) is 8.61. The van der Waals surface area contributed by atoms with Crippen LogP contribution in [0, 0.1) is 17.6 Å². The first-order chi connectivity index (χ1) is 20.2. The molecule has 0 saturated heterocycles. The zero-order valence-electron chi connectivity index (χ0n) is 23.4. The van der Waals surface area contributed by atoms with Crippen molar-refractivity contribution >= 4 is 34.7 Å². The molecule has 3 atom stereocenters. The molecule has 220 valence electrons. The van der Waals surface area contributed by atoms with Crippen LogP contribution < -0.4 is 19.1 Å². The number of esters is 1. The predicted octanol–water partition coefficient (Wildman–Crippen LogP) is 5.76. The fourth-order valence-corrected chi connectivity index (χ4v) is 6.70. The van der Waals surface area contributed by atoms with Gasteiger partial charge in [0.1, 0.15) is 17.6 Å². The Morgan fingerprint density at radius 1 is 1.00 bits per heavy atom. The van der Waals surface area contributed by atoms with E-state index in [4.69, 9.17) is 18.9 Å². The molecule has 5 rings (SSSR count). The van der Waals surface area contributed by atoms with Crippen molar-refractivity contribution in [1.82, 2.24) is 0 Å². The quantitative estimate of drug-likeness (QED) is 0.241. The van der Waals surface area contributed by atoms with Crippen molar-refractivity contribution in [3.8, 4) is 17.2 Å². The van der Waals surface area contributed by atoms with E-state index in [1.807, 2.05) is 11.4 Å². The zero-order valence-corrected chi connectivity index (χ0v) is 24.3. The van der Waals surface area contributed by atoms with Gasteiger partial charge in [0.15, 0.2) is 17.3 Å². The second-order valence-electron chi connectivity index (χ2n) is 9.82. The molecule has 2 aliphatic rings. The van der Waals surface area contributed by atoms with Gasteiger partial charge in [0.25, 0.3) is 0 Å². The van der Waals surface area contributed by atoms with Crippen molar-refractivity contribution in [3.05, 3.63) is 81.2 Å². The first-order valence-electron chi connectivity index (χ1n) is 13.3. The van der Waals surface area contributed by atoms with Gasteiger partial charge < -0.3 is 18.9 Å². The van der Waals surface area contributed by atoms with Crippen molar-refractivity contribution in [2.75, 3.05) is 32.8 Å². The minimum atomic E-state index is -1.18. The fraction of sp³-hybridized carbons (Fsp3) is 0.323. The van der Waals surface area contributed by atoms with Crippen LogP contribution in [0.2, 0.25) is 0 Å². The standard InChI is InChI=1S/C31H29F2NO7S/c1-5-41-31(37)28-19(25-7-6-10-42-25)14-22-27(29(28)36)18(16-11-23(38-2)30(40-4)24(12-16)39-3)15-26(35)34(22)21-9-8-17(32)13-20(21)33/h6-13,18-19,28H,5,14-15H2,1-4H3/t18-,19-,28-/m0/s1. The number of hydrogen-bond acceptors (Lipinski definition) is 8. The number of carbonyl (C=O) groups is 3. The molecular weight excluding hydrogens is 568 g/mol. The highest BCUT2D eigenvalue weighted by atomic mass is 32.1. The SMILES string of the molecule is CCOC(=O)[C@@H]1C(=O)C2=C(C[C@H]1c1cccs1)N(c1ccc(F)cc1F)C(=O)C[C@H]2c1cc(OC)c(OC)c(OC)c1. The van der Waals surface area contributed by atoms with Crippen LogP contribution in [-0.2, 0) is 19.1 Å². The van der Waals surface area contributed by atoms with Crippen LogP contribution >= 0.6 is 11.3 Å². The van der Waals surface area contributed by atoms with Gasteiger partial charge in [-0.15, -0.1) is 11.3 Å². The number of ether oxygens (including phenoxy) is 4. The van der Waals surface area contributed by atoms with E-state index in [-0.39, 0.29) is 36.4 Å². The normalized spacial score (nSPS) is 20.3. The molecule has 0 saturated carbocycles. The summed E-state index contributed by atoms with van der Waals surface area (Å²) in [4.78, 5) is 43.6. The summed E-state index contributed by atoms with van der Waals surface area (Å²) in [6.45, 7) is 1.74. The third kappa shape index (κ3) is 5.02. The summed E-state index contributed by atoms with van der Waals surface area (Å²) in [5, 5.41) is 1.83. The van der Waals surface area contributed by atoms with E-state index < -0.39 is 47.0 Å². The van der Waals surface area contributed by atoms with Crippen molar-refractivity contribution < 1.29 is 42.1 Å². The monoisotopic (exact) mass is 597 g/mol. The average molecular weight is 598 g/mol. The lowest BCUT2D eigenvalue weighted by Crippen LogP contribution is -2.46. The van der Waals surface area contributed by atoms with Gasteiger partial charge in [-0.3, -0.25) is 19.3 Å². The number of anilines is 1. The van der Waals surface area contributed by atoms with Gasteiger partial charge in [-0.05, 0) is 54.6 Å². The molecule has 2 aromatic carbocycles. The minimum Gasteiger partial charge on any atom is -0.493 e. The van der Waals surface area contributed by atoms with E-state index in [2.05, 4.69) is 0 Å². The molecule has 0 radical (unpaired) electrons. The molecule has 11 heteroatoms. The molecule has 0 N–H and O–H groups in total. The Bertz CT molecular complexity index is 1540. The summed E-state index contributed by atoms with van der Waals surface area (Å²) in [5.74, 6) is -5.15. The van der Waals surface area contributed by atoms with Gasteiger partial charge in [-0.2, -0.15) is 0 Å². The van der Waals surface area contributed by atoms with Crippen molar-refractivity contribution in [2.45, 2.75) is 31.6 Å². The summed E-state index contributed by atoms with van der Waals surface area (Å²) < 4.78 is 50.9. The van der Waals surface area contributed by atoms with E-state index in [0.29, 0.717) is 28.9 Å². The maximum absolute atomic E-state index is 15.2. The number of benzene rings is 2. The fourth-order valence-electron chi connectivity index (χ4n) is 5.83. The summed E-state index contributed by atoms with van der Waals surface area (Å²) in [5.41, 5.74) is 0.762. The van der Waals surface area contributed by atoms with Crippen LogP contribution in [0.5, 0.6) is 17.2 Å². The Morgan fingerprint density at radius 2 is 1.71 bits per heavy atom. The van der Waals surface area contributed by atoms with Crippen molar-refractivity contribution in [1.29, 1.82) is 0 Å². The zero-order chi connectivity index (χ0) is 30.1. The van der Waals surface area contributed by atoms with Crippen LogP contribution in [0.15, 0.2) is 59.1 Å². The number of carbonyl (C=O) groups excluding carboxylic acids is 3. The molecular formula is C31H29F2NO7S. The highest BCUT2D eigenvalue weighted by Crippen LogP contribution is 2.52. The first-order valence-corrected chi connectivity index (χ1v) is 14.2. The number of methoxy groups -OCH3 is 3. The lowest BCUT2D eigenvalue weighted by molar-refractivity contribution is -0.152. The number of thiophene rings is 1. The maximum Gasteiger partial charge on any atom is 0.317 e. The Hall–Kier alpha value is -4.25. The molecule has 42 heavy (non-hydrogen) atoms. The number of Topliss-reactive ketones (excluding diaryl/α,β-unsaturated/α-hetero) is 1. The van der Waals surface area contributed by atoms with Gasteiger partial charge in [0, 0.05) is 40.5 Å². The van der Waals surface area contributed by atoms with Crippen LogP contribution in [0.1, 0.15) is 42.0 Å². The maximum atomic E-state index is 15.2. The van der Waals surface area contributed by atoms with E-state index in [1.165, 1.54) is 38.7 Å². The molecule has 3 aromatic rings. The van der Waals surface area contributed by atoms with Crippen molar-refractivity contribution in [3.63, 3.8) is 0 Å². The van der Waals surface area contributed by atoms with E-state index in [0.717, 1.165) is 15.8 Å². The number of amides is 1. The Kier molecular flexibility index (Phi) is 8.31. The topological polar surface area (TPSA) is 91.4 Å². The Labute approximate surface area is 245 Å². The highest BCUT2D eigenvalue weighted by Gasteiger charge is 2.50. The smallest absolute Gasteiger partial charge is 0.317 e. The second kappa shape index (κ2) is 11.9. The largest absolute Gasteiger partial charge is 0.493 e. The average Bonchev–Trinajstić information content (AvgIpc) is 3.51. The van der Waals surface area contributed by atoms with Crippen LogP contribution in [0.25, 0.3) is 0 Å². The number of allylic oxidation sites excluding steroid dienone is 2. The lowest BCUT2D eigenvalue weighted by Gasteiger charge is -2.42. The summed E-state index contributed by atoms with van der Waals surface area (Å²) >= 11 is 1.37. The molecule has 1 aliphatic carbocycles. The lowest BCUT2D eigenvalue weighted by atomic mass is 9.69. The van der Waals surface area contributed by atoms with E-state index >= 15 is 4.39 Å². The third-order valence-electron chi connectivity index (χ3n) is 7.61. The van der Waals surface area contributed by atoms with E-state index in [1.54, 1.807) is 25.1 Å². The minimum absolute atomic E-state index is 0.0640. The van der Waals surface area contributed by atoms with Gasteiger partial charge in [0.2, 0.25) is 11.7 Å². The Morgan fingerprint density at radius 3 is 2.29 bits per heavy atom.